The first-order valence-corrected chi connectivity index (χ1v) is 5.43. The molecule has 0 aromatic carbocycles. The standard InChI is InChI=1S/C11H17N3O/c1-14-7-2-4-10(8-14)9-15-11-12-5-3-6-13-11/h3,5-6,10H,2,4,7-9H2,1H3/t10-/m0/s1. The maximum atomic E-state index is 5.54. The normalized spacial score (nSPS) is 22.6. The highest BCUT2D eigenvalue weighted by Gasteiger charge is 2.17. The van der Waals surface area contributed by atoms with Crippen LogP contribution >= 0.6 is 0 Å². The van der Waals surface area contributed by atoms with Crippen molar-refractivity contribution in [1.82, 2.24) is 14.9 Å². The van der Waals surface area contributed by atoms with E-state index in [4.69, 9.17) is 4.74 Å². The summed E-state index contributed by atoms with van der Waals surface area (Å²) >= 11 is 0. The van der Waals surface area contributed by atoms with Gasteiger partial charge in [-0.1, -0.05) is 0 Å². The summed E-state index contributed by atoms with van der Waals surface area (Å²) in [5, 5.41) is 0. The summed E-state index contributed by atoms with van der Waals surface area (Å²) in [6, 6.07) is 2.28. The largest absolute Gasteiger partial charge is 0.463 e. The molecule has 0 amide bonds. The van der Waals surface area contributed by atoms with E-state index in [0.717, 1.165) is 13.2 Å². The minimum Gasteiger partial charge on any atom is -0.463 e. The number of rotatable bonds is 3. The minimum atomic E-state index is 0.491. The molecule has 1 aliphatic rings. The molecule has 0 unspecified atom stereocenters. The average Bonchev–Trinajstić information content (AvgIpc) is 2.28. The second-order valence-electron chi connectivity index (χ2n) is 4.11. The van der Waals surface area contributed by atoms with Gasteiger partial charge in [0.2, 0.25) is 0 Å². The van der Waals surface area contributed by atoms with Crippen molar-refractivity contribution in [3.63, 3.8) is 0 Å². The number of likely N-dealkylation sites (tertiary alicyclic amines) is 1. The van der Waals surface area contributed by atoms with Crippen molar-refractivity contribution < 1.29 is 4.74 Å². The van der Waals surface area contributed by atoms with Crippen LogP contribution in [0.5, 0.6) is 6.01 Å². The topological polar surface area (TPSA) is 38.2 Å². The van der Waals surface area contributed by atoms with Crippen molar-refractivity contribution in [2.75, 3.05) is 26.7 Å². The van der Waals surface area contributed by atoms with Gasteiger partial charge in [0.25, 0.3) is 0 Å². The Morgan fingerprint density at radius 3 is 3.00 bits per heavy atom. The molecule has 15 heavy (non-hydrogen) atoms. The number of hydrogen-bond acceptors (Lipinski definition) is 4. The molecule has 0 radical (unpaired) electrons. The number of nitrogens with zero attached hydrogens (tertiary/aromatic N) is 3. The highest BCUT2D eigenvalue weighted by atomic mass is 16.5. The van der Waals surface area contributed by atoms with E-state index in [9.17, 15) is 0 Å². The van der Waals surface area contributed by atoms with E-state index in [1.807, 2.05) is 0 Å². The van der Waals surface area contributed by atoms with Crippen molar-refractivity contribution in [3.8, 4) is 6.01 Å². The van der Waals surface area contributed by atoms with Crippen molar-refractivity contribution in [1.29, 1.82) is 0 Å². The lowest BCUT2D eigenvalue weighted by Crippen LogP contribution is -2.34. The van der Waals surface area contributed by atoms with Gasteiger partial charge in [-0.3, -0.25) is 0 Å². The van der Waals surface area contributed by atoms with Crippen LogP contribution in [0.15, 0.2) is 18.5 Å². The lowest BCUT2D eigenvalue weighted by Gasteiger charge is -2.29. The highest BCUT2D eigenvalue weighted by molar-refractivity contribution is 4.93. The maximum absolute atomic E-state index is 5.54. The third-order valence-corrected chi connectivity index (χ3v) is 2.71. The molecule has 1 aromatic heterocycles. The molecule has 2 heterocycles. The summed E-state index contributed by atoms with van der Waals surface area (Å²) < 4.78 is 5.54. The molecule has 1 saturated heterocycles. The third-order valence-electron chi connectivity index (χ3n) is 2.71. The first-order chi connectivity index (χ1) is 7.34. The van der Waals surface area contributed by atoms with Gasteiger partial charge >= 0.3 is 6.01 Å². The first kappa shape index (κ1) is 10.4. The average molecular weight is 207 g/mol. The molecule has 2 rings (SSSR count). The van der Waals surface area contributed by atoms with Crippen molar-refractivity contribution in [3.05, 3.63) is 18.5 Å². The Balaban J connectivity index is 1.78. The van der Waals surface area contributed by atoms with Crippen molar-refractivity contribution >= 4 is 0 Å². The molecule has 1 fully saturated rings. The molecule has 1 atom stereocenters. The fraction of sp³-hybridized carbons (Fsp3) is 0.636. The van der Waals surface area contributed by atoms with Gasteiger partial charge in [-0.15, -0.1) is 0 Å². The quantitative estimate of drug-likeness (QED) is 0.746. The number of piperidine rings is 1. The number of aromatic nitrogens is 2. The molecule has 0 saturated carbocycles. The van der Waals surface area contributed by atoms with Crippen LogP contribution in [-0.2, 0) is 0 Å². The Kier molecular flexibility index (Phi) is 3.50. The van der Waals surface area contributed by atoms with Crippen LogP contribution in [0.25, 0.3) is 0 Å². The van der Waals surface area contributed by atoms with Crippen LogP contribution in [0, 0.1) is 5.92 Å². The second kappa shape index (κ2) is 5.07. The lowest BCUT2D eigenvalue weighted by atomic mass is 10.00. The molecule has 4 heteroatoms. The molecule has 1 aliphatic heterocycles. The smallest absolute Gasteiger partial charge is 0.316 e. The predicted octanol–water partition coefficient (Wildman–Crippen LogP) is 1.20. The Morgan fingerprint density at radius 2 is 2.27 bits per heavy atom. The molecule has 0 spiro atoms. The summed E-state index contributed by atoms with van der Waals surface area (Å²) in [4.78, 5) is 10.4. The van der Waals surface area contributed by atoms with Gasteiger partial charge in [0, 0.05) is 24.9 Å². The van der Waals surface area contributed by atoms with Gasteiger partial charge in [0.05, 0.1) is 6.61 Å². The van der Waals surface area contributed by atoms with Crippen LogP contribution in [0.1, 0.15) is 12.8 Å². The van der Waals surface area contributed by atoms with Gasteiger partial charge in [-0.2, -0.15) is 0 Å². The van der Waals surface area contributed by atoms with Crippen molar-refractivity contribution in [2.24, 2.45) is 5.92 Å². The molecule has 4 nitrogen and oxygen atoms in total. The van der Waals surface area contributed by atoms with E-state index in [0.29, 0.717) is 11.9 Å². The van der Waals surface area contributed by atoms with Gasteiger partial charge in [-0.25, -0.2) is 9.97 Å². The number of ether oxygens (including phenoxy) is 1. The van der Waals surface area contributed by atoms with Crippen LogP contribution in [0.3, 0.4) is 0 Å². The zero-order chi connectivity index (χ0) is 10.5. The van der Waals surface area contributed by atoms with Gasteiger partial charge in [0.15, 0.2) is 0 Å². The Morgan fingerprint density at radius 1 is 1.47 bits per heavy atom. The molecule has 1 aromatic rings. The molecular formula is C11H17N3O. The van der Waals surface area contributed by atoms with E-state index in [1.54, 1.807) is 18.5 Å². The zero-order valence-corrected chi connectivity index (χ0v) is 9.09. The maximum Gasteiger partial charge on any atom is 0.316 e. The summed E-state index contributed by atoms with van der Waals surface area (Å²) in [5.74, 6) is 0.618. The van der Waals surface area contributed by atoms with Gasteiger partial charge in [0.1, 0.15) is 0 Å². The van der Waals surface area contributed by atoms with E-state index in [-0.39, 0.29) is 0 Å². The summed E-state index contributed by atoms with van der Waals surface area (Å²) in [7, 11) is 2.16. The monoisotopic (exact) mass is 207 g/mol. The second-order valence-corrected chi connectivity index (χ2v) is 4.11. The van der Waals surface area contributed by atoms with Crippen molar-refractivity contribution in [2.45, 2.75) is 12.8 Å². The molecule has 82 valence electrons. The molecular weight excluding hydrogens is 190 g/mol. The Hall–Kier alpha value is -1.16. The molecule has 0 aliphatic carbocycles. The van der Waals surface area contributed by atoms with Crippen LogP contribution in [0.4, 0.5) is 0 Å². The first-order valence-electron chi connectivity index (χ1n) is 5.43. The van der Waals surface area contributed by atoms with E-state index < -0.39 is 0 Å². The van der Waals surface area contributed by atoms with Crippen LogP contribution in [-0.4, -0.2) is 41.6 Å². The number of hydrogen-bond donors (Lipinski definition) is 0. The zero-order valence-electron chi connectivity index (χ0n) is 9.09. The van der Waals surface area contributed by atoms with Gasteiger partial charge < -0.3 is 9.64 Å². The minimum absolute atomic E-state index is 0.491. The van der Waals surface area contributed by atoms with E-state index in [1.165, 1.54) is 19.4 Å². The van der Waals surface area contributed by atoms with E-state index in [2.05, 4.69) is 21.9 Å². The summed E-state index contributed by atoms with van der Waals surface area (Å²) in [6.45, 7) is 3.06. The SMILES string of the molecule is CN1CCC[C@H](COc2ncccn2)C1. The Labute approximate surface area is 90.3 Å². The highest BCUT2D eigenvalue weighted by Crippen LogP contribution is 2.15. The summed E-state index contributed by atoms with van der Waals surface area (Å²) in [5.41, 5.74) is 0. The van der Waals surface area contributed by atoms with Crippen LogP contribution < -0.4 is 4.74 Å². The van der Waals surface area contributed by atoms with Gasteiger partial charge in [-0.05, 0) is 32.5 Å². The predicted molar refractivity (Wildman–Crippen MR) is 57.7 cm³/mol. The third kappa shape index (κ3) is 3.16. The molecule has 0 N–H and O–H groups in total. The Bertz CT molecular complexity index is 291. The molecule has 0 bridgehead atoms. The fourth-order valence-electron chi connectivity index (χ4n) is 1.96. The fourth-order valence-corrected chi connectivity index (χ4v) is 1.96. The lowest BCUT2D eigenvalue weighted by molar-refractivity contribution is 0.144. The van der Waals surface area contributed by atoms with Crippen LogP contribution in [0.2, 0.25) is 0 Å². The van der Waals surface area contributed by atoms with E-state index >= 15 is 0 Å². The summed E-state index contributed by atoms with van der Waals surface area (Å²) in [6.07, 6.45) is 5.92.